The molecule has 0 radical (unpaired) electrons. The predicted octanol–water partition coefficient (Wildman–Crippen LogP) is 34.5. The number of anilines is 1. The highest BCUT2D eigenvalue weighted by molar-refractivity contribution is 7.22. The number of aromatic nitrogens is 9. The first-order valence-electron chi connectivity index (χ1n) is 48.1. The summed E-state index contributed by atoms with van der Waals surface area (Å²) in [5.41, 5.74) is 30.0. The quantitative estimate of drug-likeness (QED) is 0.151. The summed E-state index contributed by atoms with van der Waals surface area (Å²) in [6.07, 6.45) is 10.5. The lowest BCUT2D eigenvalue weighted by molar-refractivity contribution is 0.281. The Morgan fingerprint density at radius 2 is 0.639 bits per heavy atom. The fraction of sp³-hybridized carbons (Fsp3) is 0.444. The third kappa shape index (κ3) is 36.3. The molecular weight excluding hydrogens is 1670 g/mol. The maximum Gasteiger partial charge on any atom is 0.192 e. The predicted molar refractivity (Wildman–Crippen MR) is 588 cm³/mol. The van der Waals surface area contributed by atoms with E-state index in [0.717, 1.165) is 88.6 Å². The van der Waals surface area contributed by atoms with Gasteiger partial charge in [-0.3, -0.25) is 19.9 Å². The zero-order valence-electron chi connectivity index (χ0n) is 89.8. The average molecular weight is 1840 g/mol. The van der Waals surface area contributed by atoms with E-state index in [2.05, 4.69) is 308 Å². The highest BCUT2D eigenvalue weighted by atomic mass is 32.1. The van der Waals surface area contributed by atoms with Crippen LogP contribution in [-0.2, 0) is 56.5 Å². The molecule has 0 spiro atoms. The second kappa shape index (κ2) is 57.3. The van der Waals surface area contributed by atoms with Crippen LogP contribution < -0.4 is 10.5 Å². The molecular formula is C117H170N10O4S2. The molecule has 16 aromatic rings. The number of nitrogen functional groups attached to an aromatic ring is 1. The molecule has 14 nitrogen and oxygen atoms in total. The lowest BCUT2D eigenvalue weighted by atomic mass is 9.84. The molecule has 16 heteroatoms. The van der Waals surface area contributed by atoms with E-state index in [9.17, 15) is 0 Å². The summed E-state index contributed by atoms with van der Waals surface area (Å²) in [6, 6.07) is 60.1. The van der Waals surface area contributed by atoms with Gasteiger partial charge in [-0.2, -0.15) is 0 Å². The van der Waals surface area contributed by atoms with Gasteiger partial charge in [0.25, 0.3) is 0 Å². The molecule has 8 aromatic carbocycles. The topological polar surface area (TPSA) is 205 Å². The summed E-state index contributed by atoms with van der Waals surface area (Å²) in [7, 11) is 1.67. The number of oxazole rings is 1. The summed E-state index contributed by atoms with van der Waals surface area (Å²) in [5, 5.41) is 24.8. The minimum Gasteiger partial charge on any atom is -0.495 e. The standard InChI is InChI=1S/3C14H17NO.C13H15N.C12H14N2.C12H15NO.C11H14N2S.C11H13NS.8C2H6/c1-14(2,3)12-6-5-7-13-11(12)8-10(16-4)9-15-13;2*1-14(2,3)12-5-4-6-13-11(12)7-10(9-16)8-15-13;1-13(2,3)11-7-4-8-12-10(11)6-5-9-14-12;1-12(2,3)10-5-4-6-11-9(10)7-13-8-14-11;1-8-13-10-7-5-6-9(11(10)14-8)12(2,3)4;1-11(2,3)7-5-4-6-8-9(7)14-10(12)13-8;1-11(2,3)8-5-4-6-9-10(8)13-7-12-9;8*1-2/h5-9H,1-4H3;2*4-8,16H,9H2,1-3H3;4-9H,1-3H3;4-8H,1-3H3;5-7H,1-4H3;4-6H,1-3H3,(H2,12,13);4-7H,1-3H3;8*1-2H3. The van der Waals surface area contributed by atoms with Crippen LogP contribution >= 0.6 is 22.7 Å². The van der Waals surface area contributed by atoms with E-state index < -0.39 is 0 Å². The van der Waals surface area contributed by atoms with Crippen molar-refractivity contribution in [1.29, 1.82) is 0 Å². The van der Waals surface area contributed by atoms with E-state index in [4.69, 9.17) is 25.1 Å². The Morgan fingerprint density at radius 3 is 1.03 bits per heavy atom. The van der Waals surface area contributed by atoms with Crippen LogP contribution in [0.1, 0.15) is 338 Å². The van der Waals surface area contributed by atoms with Crippen molar-refractivity contribution in [3.63, 3.8) is 0 Å². The van der Waals surface area contributed by atoms with Gasteiger partial charge in [0.2, 0.25) is 0 Å². The zero-order chi connectivity index (χ0) is 102. The molecule has 4 N–H and O–H groups in total. The summed E-state index contributed by atoms with van der Waals surface area (Å²) in [4.78, 5) is 38.7. The molecule has 0 aliphatic heterocycles. The van der Waals surface area contributed by atoms with Crippen LogP contribution in [0.5, 0.6) is 5.75 Å². The third-order valence-corrected chi connectivity index (χ3v) is 21.6. The molecule has 0 aliphatic rings. The van der Waals surface area contributed by atoms with Gasteiger partial charge in [0.15, 0.2) is 16.6 Å². The minimum absolute atomic E-state index is 0.0431. The minimum atomic E-state index is 0.0431. The van der Waals surface area contributed by atoms with E-state index in [1.165, 1.54) is 64.7 Å². The maximum atomic E-state index is 9.15. The number of para-hydroxylation sites is 1. The van der Waals surface area contributed by atoms with Crippen molar-refractivity contribution in [2.45, 2.75) is 340 Å². The molecule has 0 aliphatic carbocycles. The highest BCUT2D eigenvalue weighted by Crippen LogP contribution is 2.39. The van der Waals surface area contributed by atoms with Crippen LogP contribution in [0.3, 0.4) is 0 Å². The van der Waals surface area contributed by atoms with Gasteiger partial charge in [0, 0.05) is 64.2 Å². The highest BCUT2D eigenvalue weighted by Gasteiger charge is 2.25. The van der Waals surface area contributed by atoms with Crippen molar-refractivity contribution in [2.24, 2.45) is 0 Å². The molecule has 0 amide bonds. The number of hydrogen-bond donors (Lipinski definition) is 3. The number of rotatable bonds is 3. The molecule has 16 rings (SSSR count). The van der Waals surface area contributed by atoms with E-state index in [0.29, 0.717) is 5.13 Å². The molecule has 0 atom stereocenters. The summed E-state index contributed by atoms with van der Waals surface area (Å²) >= 11 is 3.30. The van der Waals surface area contributed by atoms with Gasteiger partial charge in [-0.25, -0.2) is 24.9 Å². The number of aliphatic hydroxyl groups excluding tert-OH is 2. The van der Waals surface area contributed by atoms with Gasteiger partial charge in [-0.05, 0) is 166 Å². The smallest absolute Gasteiger partial charge is 0.192 e. The van der Waals surface area contributed by atoms with E-state index in [-0.39, 0.29) is 56.5 Å². The average Bonchev–Trinajstić information content (AvgIpc) is 1.12. The van der Waals surface area contributed by atoms with Crippen molar-refractivity contribution in [2.75, 3.05) is 12.8 Å². The number of nitrogens with two attached hydrogens (primary N) is 1. The number of pyridine rings is 4. The molecule has 8 heterocycles. The second-order valence-electron chi connectivity index (χ2n) is 37.7. The van der Waals surface area contributed by atoms with Crippen molar-refractivity contribution in [1.82, 2.24) is 44.9 Å². The van der Waals surface area contributed by atoms with Crippen LogP contribution in [-0.4, -0.2) is 62.2 Å². The number of fused-ring (bicyclic) bond motifs is 8. The number of ether oxygens (including phenoxy) is 1. The Bertz CT molecular complexity index is 5590. The summed E-state index contributed by atoms with van der Waals surface area (Å²) in [6.45, 7) is 86.9. The summed E-state index contributed by atoms with van der Waals surface area (Å²) in [5.74, 6) is 1.54. The molecule has 0 bridgehead atoms. The molecule has 0 unspecified atom stereocenters. The fourth-order valence-corrected chi connectivity index (χ4v) is 15.9. The molecule has 0 fully saturated rings. The van der Waals surface area contributed by atoms with Crippen molar-refractivity contribution in [3.8, 4) is 5.75 Å². The molecule has 133 heavy (non-hydrogen) atoms. The van der Waals surface area contributed by atoms with Crippen LogP contribution in [0.4, 0.5) is 5.13 Å². The van der Waals surface area contributed by atoms with Crippen LogP contribution in [0.25, 0.3) is 86.0 Å². The first-order valence-corrected chi connectivity index (χ1v) is 49.8. The summed E-state index contributed by atoms with van der Waals surface area (Å²) < 4.78 is 13.4. The van der Waals surface area contributed by atoms with Crippen molar-refractivity contribution in [3.05, 3.63) is 280 Å². The van der Waals surface area contributed by atoms with Crippen LogP contribution in [0.2, 0.25) is 0 Å². The van der Waals surface area contributed by atoms with Gasteiger partial charge >= 0.3 is 0 Å². The number of methoxy groups -OCH3 is 1. The third-order valence-electron chi connectivity index (χ3n) is 19.8. The number of benzene rings is 8. The SMILES string of the molecule is CC.CC.CC.CC.CC.CC.CC.CC.CC(C)(C)c1cccc2nc(N)sc12.CC(C)(C)c1cccc2ncc(CO)cc12.CC(C)(C)c1cccc2ncc(CO)cc12.CC(C)(C)c1cccc2ncccc12.CC(C)(C)c1cccc2ncncc12.CC(C)(C)c1cccc2ncsc12.COc1cnc2cccc(C(C)(C)C)c2c1.Cc1nc2cccc(C(C)(C)C)c2o1. The zero-order valence-corrected chi connectivity index (χ0v) is 91.5. The maximum absolute atomic E-state index is 9.15. The molecule has 0 saturated carbocycles. The Morgan fingerprint density at radius 1 is 0.316 bits per heavy atom. The Labute approximate surface area is 811 Å². The molecule has 724 valence electrons. The van der Waals surface area contributed by atoms with E-state index in [1.54, 1.807) is 54.7 Å². The second-order valence-corrected chi connectivity index (χ2v) is 39.6. The monoisotopic (exact) mass is 1840 g/mol. The van der Waals surface area contributed by atoms with E-state index >= 15 is 0 Å². The number of nitrogens with zero attached hydrogens (tertiary/aromatic N) is 9. The first kappa shape index (κ1) is 121. The molecule has 8 aromatic heterocycles. The first-order chi connectivity index (χ1) is 62.8. The van der Waals surface area contributed by atoms with Crippen LogP contribution in [0, 0.1) is 6.92 Å². The van der Waals surface area contributed by atoms with Gasteiger partial charge in [0.05, 0.1) is 80.0 Å². The lowest BCUT2D eigenvalue weighted by Crippen LogP contribution is -2.11. The van der Waals surface area contributed by atoms with Gasteiger partial charge in [-0.1, -0.05) is 391 Å². The number of hydrogen-bond acceptors (Lipinski definition) is 16. The van der Waals surface area contributed by atoms with Crippen molar-refractivity contribution < 1.29 is 19.4 Å². The number of aryl methyl sites for hydroxylation is 1. The largest absolute Gasteiger partial charge is 0.495 e. The number of aliphatic hydroxyl groups is 2. The lowest BCUT2D eigenvalue weighted by Gasteiger charge is -2.21. The Balaban J connectivity index is 0.000000743. The van der Waals surface area contributed by atoms with Gasteiger partial charge < -0.3 is 25.1 Å². The molecule has 0 saturated heterocycles. The van der Waals surface area contributed by atoms with E-state index in [1.807, 2.05) is 214 Å². The Kier molecular flexibility index (Phi) is 51.9. The van der Waals surface area contributed by atoms with Crippen molar-refractivity contribution >= 4 is 114 Å². The van der Waals surface area contributed by atoms with Crippen LogP contribution in [0.15, 0.2) is 223 Å². The fourth-order valence-electron chi connectivity index (χ4n) is 13.9. The van der Waals surface area contributed by atoms with Gasteiger partial charge in [-0.15, -0.1) is 11.3 Å². The number of thiazole rings is 2. The van der Waals surface area contributed by atoms with Gasteiger partial charge in [0.1, 0.15) is 17.6 Å². The normalized spacial score (nSPS) is 10.9. The Hall–Kier alpha value is -10.5.